The Morgan fingerprint density at radius 3 is 2.79 bits per heavy atom. The van der Waals surface area contributed by atoms with Crippen LogP contribution in [0.4, 0.5) is 0 Å². The van der Waals surface area contributed by atoms with Gasteiger partial charge in [-0.05, 0) is 35.0 Å². The summed E-state index contributed by atoms with van der Waals surface area (Å²) in [7, 11) is 0. The molecular weight excluding hydrogens is 306 g/mol. The van der Waals surface area contributed by atoms with Crippen LogP contribution < -0.4 is 5.32 Å². The molecule has 0 aliphatic rings. The highest BCUT2D eigenvalue weighted by atomic mass is 79.9. The molecule has 0 atom stereocenters. The number of hydrogen-bond donors (Lipinski definition) is 1. The zero-order chi connectivity index (χ0) is 13.8. The van der Waals surface area contributed by atoms with Crippen LogP contribution in [0.3, 0.4) is 0 Å². The smallest absolute Gasteiger partial charge is 0.271 e. The molecule has 2 aromatic rings. The third-order valence-electron chi connectivity index (χ3n) is 2.63. The fourth-order valence-corrected chi connectivity index (χ4v) is 2.10. The number of carbonyl (C=O) groups is 1. The molecular formula is C14H14BrN3O. The highest BCUT2D eigenvalue weighted by molar-refractivity contribution is 9.10. The predicted octanol–water partition coefficient (Wildman–Crippen LogP) is 2.86. The van der Waals surface area contributed by atoms with Gasteiger partial charge in [0.05, 0.1) is 16.4 Å². The average Bonchev–Trinajstić information content (AvgIpc) is 2.79. The van der Waals surface area contributed by atoms with E-state index < -0.39 is 0 Å². The van der Waals surface area contributed by atoms with Gasteiger partial charge in [0.1, 0.15) is 5.69 Å². The summed E-state index contributed by atoms with van der Waals surface area (Å²) >= 11 is 3.35. The van der Waals surface area contributed by atoms with Crippen LogP contribution in [0, 0.1) is 6.92 Å². The summed E-state index contributed by atoms with van der Waals surface area (Å²) in [4.78, 5) is 12.1. The standard InChI is InChI=1S/C14H14BrN3O/c1-3-8-16-14(19)13-12(15)9-17-18(13)11-6-4-10(2)5-7-11/h3-7,9H,1,8H2,2H3,(H,16,19). The topological polar surface area (TPSA) is 46.9 Å². The molecule has 0 radical (unpaired) electrons. The van der Waals surface area contributed by atoms with Crippen LogP contribution in [0.15, 0.2) is 47.6 Å². The first-order valence-electron chi connectivity index (χ1n) is 5.83. The summed E-state index contributed by atoms with van der Waals surface area (Å²) in [6.07, 6.45) is 3.25. The Morgan fingerprint density at radius 1 is 1.47 bits per heavy atom. The number of benzene rings is 1. The first-order valence-corrected chi connectivity index (χ1v) is 6.62. The molecule has 4 nitrogen and oxygen atoms in total. The number of carbonyl (C=O) groups excluding carboxylic acids is 1. The molecule has 1 aromatic carbocycles. The van der Waals surface area contributed by atoms with Gasteiger partial charge in [-0.15, -0.1) is 6.58 Å². The van der Waals surface area contributed by atoms with Crippen molar-refractivity contribution in [2.45, 2.75) is 6.92 Å². The molecule has 0 bridgehead atoms. The van der Waals surface area contributed by atoms with E-state index in [4.69, 9.17) is 0 Å². The summed E-state index contributed by atoms with van der Waals surface area (Å²) in [5.41, 5.74) is 2.48. The molecule has 0 saturated carbocycles. The Labute approximate surface area is 120 Å². The second kappa shape index (κ2) is 5.84. The van der Waals surface area contributed by atoms with Crippen LogP contribution in [-0.2, 0) is 0 Å². The highest BCUT2D eigenvalue weighted by Gasteiger charge is 2.17. The molecule has 0 unspecified atom stereocenters. The fraction of sp³-hybridized carbons (Fsp3) is 0.143. The summed E-state index contributed by atoms with van der Waals surface area (Å²) in [5, 5.41) is 6.98. The van der Waals surface area contributed by atoms with E-state index in [1.165, 1.54) is 0 Å². The molecule has 1 aromatic heterocycles. The molecule has 2 rings (SSSR count). The molecule has 0 aliphatic carbocycles. The predicted molar refractivity (Wildman–Crippen MR) is 78.5 cm³/mol. The molecule has 19 heavy (non-hydrogen) atoms. The fourth-order valence-electron chi connectivity index (χ4n) is 1.66. The first-order chi connectivity index (χ1) is 9.13. The Hall–Kier alpha value is -1.88. The Morgan fingerprint density at radius 2 is 2.16 bits per heavy atom. The molecule has 0 fully saturated rings. The highest BCUT2D eigenvalue weighted by Crippen LogP contribution is 2.20. The zero-order valence-electron chi connectivity index (χ0n) is 10.6. The summed E-state index contributed by atoms with van der Waals surface area (Å²) in [6.45, 7) is 6.01. The van der Waals surface area contributed by atoms with E-state index in [-0.39, 0.29) is 5.91 Å². The number of hydrogen-bond acceptors (Lipinski definition) is 2. The Bertz CT molecular complexity index is 602. The molecule has 1 heterocycles. The molecule has 1 N–H and O–H groups in total. The lowest BCUT2D eigenvalue weighted by atomic mass is 10.2. The van der Waals surface area contributed by atoms with E-state index in [2.05, 4.69) is 32.9 Å². The number of amides is 1. The van der Waals surface area contributed by atoms with E-state index in [0.29, 0.717) is 16.7 Å². The van der Waals surface area contributed by atoms with Gasteiger partial charge in [0.25, 0.3) is 5.91 Å². The van der Waals surface area contributed by atoms with Gasteiger partial charge in [0.15, 0.2) is 0 Å². The molecule has 0 spiro atoms. The second-order valence-corrected chi connectivity index (χ2v) is 4.94. The van der Waals surface area contributed by atoms with Gasteiger partial charge in [-0.3, -0.25) is 4.79 Å². The van der Waals surface area contributed by atoms with Crippen molar-refractivity contribution in [1.82, 2.24) is 15.1 Å². The van der Waals surface area contributed by atoms with Crippen molar-refractivity contribution < 1.29 is 4.79 Å². The second-order valence-electron chi connectivity index (χ2n) is 4.09. The minimum absolute atomic E-state index is 0.190. The molecule has 5 heteroatoms. The van der Waals surface area contributed by atoms with Crippen molar-refractivity contribution >= 4 is 21.8 Å². The number of aryl methyl sites for hydroxylation is 1. The van der Waals surface area contributed by atoms with Crippen molar-refractivity contribution in [2.24, 2.45) is 0 Å². The van der Waals surface area contributed by atoms with Crippen LogP contribution in [0.25, 0.3) is 5.69 Å². The zero-order valence-corrected chi connectivity index (χ0v) is 12.1. The van der Waals surface area contributed by atoms with Crippen LogP contribution in [-0.4, -0.2) is 22.2 Å². The number of nitrogens with zero attached hydrogens (tertiary/aromatic N) is 2. The van der Waals surface area contributed by atoms with Gasteiger partial charge in [0.2, 0.25) is 0 Å². The Balaban J connectivity index is 2.39. The number of halogens is 1. The van der Waals surface area contributed by atoms with Crippen molar-refractivity contribution in [3.05, 3.63) is 58.8 Å². The third-order valence-corrected chi connectivity index (χ3v) is 3.21. The summed E-state index contributed by atoms with van der Waals surface area (Å²) in [6, 6.07) is 7.82. The van der Waals surface area contributed by atoms with Crippen molar-refractivity contribution in [2.75, 3.05) is 6.54 Å². The van der Waals surface area contributed by atoms with E-state index in [0.717, 1.165) is 11.3 Å². The van der Waals surface area contributed by atoms with Gasteiger partial charge in [-0.1, -0.05) is 23.8 Å². The molecule has 0 saturated heterocycles. The van der Waals surface area contributed by atoms with Gasteiger partial charge in [-0.2, -0.15) is 5.10 Å². The van der Waals surface area contributed by atoms with Crippen LogP contribution in [0.2, 0.25) is 0 Å². The summed E-state index contributed by atoms with van der Waals surface area (Å²) < 4.78 is 2.27. The van der Waals surface area contributed by atoms with Crippen LogP contribution in [0.5, 0.6) is 0 Å². The van der Waals surface area contributed by atoms with Crippen LogP contribution in [0.1, 0.15) is 16.1 Å². The SMILES string of the molecule is C=CCNC(=O)c1c(Br)cnn1-c1ccc(C)cc1. The lowest BCUT2D eigenvalue weighted by Crippen LogP contribution is -2.26. The largest absolute Gasteiger partial charge is 0.347 e. The van der Waals surface area contributed by atoms with Gasteiger partial charge in [-0.25, -0.2) is 4.68 Å². The lowest BCUT2D eigenvalue weighted by Gasteiger charge is -2.08. The lowest BCUT2D eigenvalue weighted by molar-refractivity contribution is 0.0949. The monoisotopic (exact) mass is 319 g/mol. The molecule has 98 valence electrons. The van der Waals surface area contributed by atoms with E-state index in [1.807, 2.05) is 31.2 Å². The minimum atomic E-state index is -0.190. The number of nitrogens with one attached hydrogen (secondary N) is 1. The first kappa shape index (κ1) is 13.5. The molecule has 0 aliphatic heterocycles. The number of aromatic nitrogens is 2. The maximum atomic E-state index is 12.1. The van der Waals surface area contributed by atoms with Crippen LogP contribution >= 0.6 is 15.9 Å². The minimum Gasteiger partial charge on any atom is -0.347 e. The van der Waals surface area contributed by atoms with Gasteiger partial charge < -0.3 is 5.32 Å². The quantitative estimate of drug-likeness (QED) is 0.881. The van der Waals surface area contributed by atoms with Crippen molar-refractivity contribution in [3.63, 3.8) is 0 Å². The third kappa shape index (κ3) is 2.93. The van der Waals surface area contributed by atoms with E-state index in [9.17, 15) is 4.79 Å². The molecule has 1 amide bonds. The Kier molecular flexibility index (Phi) is 4.16. The maximum absolute atomic E-state index is 12.1. The van der Waals surface area contributed by atoms with Gasteiger partial charge in [0, 0.05) is 6.54 Å². The van der Waals surface area contributed by atoms with E-state index in [1.54, 1.807) is 17.0 Å². The van der Waals surface area contributed by atoms with Gasteiger partial charge >= 0.3 is 0 Å². The summed E-state index contributed by atoms with van der Waals surface area (Å²) in [5.74, 6) is -0.190. The average molecular weight is 320 g/mol. The van der Waals surface area contributed by atoms with Crippen molar-refractivity contribution in [3.8, 4) is 5.69 Å². The number of rotatable bonds is 4. The maximum Gasteiger partial charge on any atom is 0.271 e. The normalized spacial score (nSPS) is 10.2. The van der Waals surface area contributed by atoms with Crippen molar-refractivity contribution in [1.29, 1.82) is 0 Å². The van der Waals surface area contributed by atoms with E-state index >= 15 is 0 Å².